The van der Waals surface area contributed by atoms with Crippen LogP contribution in [0.2, 0.25) is 0 Å². The summed E-state index contributed by atoms with van der Waals surface area (Å²) in [7, 11) is 0. The highest BCUT2D eigenvalue weighted by Gasteiger charge is 2.39. The first-order valence-corrected chi connectivity index (χ1v) is 17.2. The van der Waals surface area contributed by atoms with Crippen LogP contribution in [0.1, 0.15) is 85.0 Å². The van der Waals surface area contributed by atoms with E-state index in [0.29, 0.717) is 25.1 Å². The number of alkyl halides is 3. The number of hydrogen-bond acceptors (Lipinski definition) is 4. The summed E-state index contributed by atoms with van der Waals surface area (Å²) in [6, 6.07) is 0.231. The van der Waals surface area contributed by atoms with E-state index in [1.807, 2.05) is 0 Å². The standard InChI is InChI=1S/C39H41F6N3O4/c1-6-25-13-29(41)36(37(42)35(25)34-21(4)10-27(40)11-22(34)5)30(15-33(50)51)46-38(52)31(9-20(2)3)48-19-26(28(14-32(48)49)39(43,44)45)12-24-17-47(18-24)16-23-7-8-23/h1,10-11,13-14,19-20,23-24,30-31H,7-9,12,15-18H2,2-5H3,(H,46,52)(H,50,51)/t30-,31-/m0/s1. The number of halogens is 6. The van der Waals surface area contributed by atoms with Gasteiger partial charge in [-0.25, -0.2) is 13.2 Å². The van der Waals surface area contributed by atoms with Crippen LogP contribution < -0.4 is 10.9 Å². The smallest absolute Gasteiger partial charge is 0.416 e. The van der Waals surface area contributed by atoms with E-state index in [2.05, 4.69) is 16.1 Å². The maximum Gasteiger partial charge on any atom is 0.416 e. The zero-order chi connectivity index (χ0) is 38.2. The van der Waals surface area contributed by atoms with Crippen LogP contribution in [0.15, 0.2) is 35.3 Å². The molecule has 1 amide bonds. The molecule has 0 bridgehead atoms. The van der Waals surface area contributed by atoms with Crippen molar-refractivity contribution in [2.45, 2.75) is 78.1 Å². The third-order valence-electron chi connectivity index (χ3n) is 9.76. The van der Waals surface area contributed by atoms with Gasteiger partial charge >= 0.3 is 12.1 Å². The van der Waals surface area contributed by atoms with Gasteiger partial charge in [-0.3, -0.25) is 14.4 Å². The average Bonchev–Trinajstić information content (AvgIpc) is 3.83. The Hall–Kier alpha value is -4.57. The van der Waals surface area contributed by atoms with Crippen molar-refractivity contribution in [3.05, 3.63) is 91.6 Å². The Labute approximate surface area is 298 Å². The van der Waals surface area contributed by atoms with Crippen LogP contribution in [-0.4, -0.2) is 46.1 Å². The molecule has 1 aliphatic heterocycles. The van der Waals surface area contributed by atoms with Crippen LogP contribution in [0.5, 0.6) is 0 Å². The summed E-state index contributed by atoms with van der Waals surface area (Å²) < 4.78 is 90.0. The number of likely N-dealkylation sites (tertiary alicyclic amines) is 1. The zero-order valence-electron chi connectivity index (χ0n) is 29.3. The van der Waals surface area contributed by atoms with Crippen molar-refractivity contribution in [2.75, 3.05) is 19.6 Å². The largest absolute Gasteiger partial charge is 0.481 e. The van der Waals surface area contributed by atoms with E-state index in [9.17, 15) is 37.1 Å². The highest BCUT2D eigenvalue weighted by molar-refractivity contribution is 5.83. The summed E-state index contributed by atoms with van der Waals surface area (Å²) in [5, 5.41) is 12.2. The van der Waals surface area contributed by atoms with E-state index in [4.69, 9.17) is 6.42 Å². The van der Waals surface area contributed by atoms with Crippen LogP contribution in [0.4, 0.5) is 26.3 Å². The maximum atomic E-state index is 16.6. The number of carboxylic acid groups (broad SMARTS) is 1. The summed E-state index contributed by atoms with van der Waals surface area (Å²) in [5.41, 5.74) is -3.08. The SMILES string of the molecule is C#Cc1cc(F)c([C@H](CC(=O)O)NC(=O)[C@H](CC(C)C)n2cc(CC3CN(CC4CC4)C3)c(C(F)(F)F)cc2=O)c(F)c1-c1c(C)cc(F)cc1C. The summed E-state index contributed by atoms with van der Waals surface area (Å²) in [6.07, 6.45) is 3.01. The van der Waals surface area contributed by atoms with Gasteiger partial charge in [0.15, 0.2) is 0 Å². The molecule has 2 fully saturated rings. The molecule has 13 heteroatoms. The molecule has 1 aliphatic carbocycles. The fraction of sp³-hybridized carbons (Fsp3) is 0.462. The van der Waals surface area contributed by atoms with Crippen molar-refractivity contribution in [2.24, 2.45) is 17.8 Å². The Morgan fingerprint density at radius 3 is 2.19 bits per heavy atom. The van der Waals surface area contributed by atoms with Gasteiger partial charge in [0.25, 0.3) is 5.56 Å². The maximum absolute atomic E-state index is 16.6. The summed E-state index contributed by atoms with van der Waals surface area (Å²) in [5.74, 6) is -3.26. The molecule has 3 aromatic rings. The predicted molar refractivity (Wildman–Crippen MR) is 183 cm³/mol. The van der Waals surface area contributed by atoms with Gasteiger partial charge in [0.1, 0.15) is 23.5 Å². The van der Waals surface area contributed by atoms with Crippen LogP contribution in [-0.2, 0) is 22.2 Å². The van der Waals surface area contributed by atoms with Gasteiger partial charge in [-0.2, -0.15) is 13.2 Å². The molecule has 2 aromatic carbocycles. The highest BCUT2D eigenvalue weighted by atomic mass is 19.4. The molecule has 1 aromatic heterocycles. The highest BCUT2D eigenvalue weighted by Crippen LogP contribution is 2.39. The lowest BCUT2D eigenvalue weighted by Gasteiger charge is -2.40. The monoisotopic (exact) mass is 729 g/mol. The second-order valence-corrected chi connectivity index (χ2v) is 14.6. The Bertz CT molecular complexity index is 1950. The molecule has 52 heavy (non-hydrogen) atoms. The van der Waals surface area contributed by atoms with Gasteiger partial charge in [0, 0.05) is 48.6 Å². The number of nitrogens with zero attached hydrogens (tertiary/aromatic N) is 2. The number of carbonyl (C=O) groups excluding carboxylic acids is 1. The summed E-state index contributed by atoms with van der Waals surface area (Å²) in [4.78, 5) is 41.6. The first-order valence-electron chi connectivity index (χ1n) is 17.2. The Balaban J connectivity index is 1.55. The minimum absolute atomic E-state index is 0.0108. The number of aryl methyl sites for hydroxylation is 2. The van der Waals surface area contributed by atoms with Gasteiger partial charge in [-0.1, -0.05) is 19.8 Å². The third kappa shape index (κ3) is 8.55. The molecule has 278 valence electrons. The number of aromatic nitrogens is 1. The Kier molecular flexibility index (Phi) is 11.3. The Morgan fingerprint density at radius 1 is 1.02 bits per heavy atom. The van der Waals surface area contributed by atoms with Crippen LogP contribution in [0, 0.1) is 61.4 Å². The lowest BCUT2D eigenvalue weighted by atomic mass is 9.88. The summed E-state index contributed by atoms with van der Waals surface area (Å²) >= 11 is 0. The van der Waals surface area contributed by atoms with E-state index in [0.717, 1.165) is 48.3 Å². The quantitative estimate of drug-likeness (QED) is 0.142. The van der Waals surface area contributed by atoms with E-state index in [-0.39, 0.29) is 58.1 Å². The molecule has 0 spiro atoms. The van der Waals surface area contributed by atoms with E-state index in [1.54, 1.807) is 13.8 Å². The first-order chi connectivity index (χ1) is 24.4. The fourth-order valence-corrected chi connectivity index (χ4v) is 7.27. The lowest BCUT2D eigenvalue weighted by molar-refractivity contribution is -0.139. The van der Waals surface area contributed by atoms with Crippen molar-refractivity contribution in [1.82, 2.24) is 14.8 Å². The van der Waals surface area contributed by atoms with E-state index in [1.165, 1.54) is 13.8 Å². The molecule has 2 atom stereocenters. The van der Waals surface area contributed by atoms with Crippen molar-refractivity contribution >= 4 is 11.9 Å². The van der Waals surface area contributed by atoms with E-state index < -0.39 is 70.7 Å². The van der Waals surface area contributed by atoms with Crippen molar-refractivity contribution in [3.63, 3.8) is 0 Å². The number of carboxylic acids is 1. The lowest BCUT2D eigenvalue weighted by Crippen LogP contribution is -2.48. The Morgan fingerprint density at radius 2 is 1.65 bits per heavy atom. The number of hydrogen-bond donors (Lipinski definition) is 2. The molecular weight excluding hydrogens is 688 g/mol. The number of carbonyl (C=O) groups is 2. The van der Waals surface area contributed by atoms with Crippen molar-refractivity contribution in [1.29, 1.82) is 0 Å². The van der Waals surface area contributed by atoms with Gasteiger partial charge < -0.3 is 19.9 Å². The number of amides is 1. The molecule has 7 nitrogen and oxygen atoms in total. The molecule has 5 rings (SSSR count). The van der Waals surface area contributed by atoms with Gasteiger partial charge in [0.05, 0.1) is 18.0 Å². The van der Waals surface area contributed by atoms with Gasteiger partial charge in [-0.05, 0) is 97.7 Å². The number of nitrogens with one attached hydrogen (secondary N) is 1. The normalized spacial score (nSPS) is 16.3. The van der Waals surface area contributed by atoms with Gasteiger partial charge in [-0.15, -0.1) is 6.42 Å². The van der Waals surface area contributed by atoms with Crippen LogP contribution in [0.3, 0.4) is 0 Å². The second-order valence-electron chi connectivity index (χ2n) is 14.6. The second kappa shape index (κ2) is 15.2. The van der Waals surface area contributed by atoms with Crippen LogP contribution in [0.25, 0.3) is 11.1 Å². The molecule has 0 radical (unpaired) electrons. The van der Waals surface area contributed by atoms with E-state index >= 15 is 8.78 Å². The number of rotatable bonds is 13. The summed E-state index contributed by atoms with van der Waals surface area (Å²) in [6.45, 7) is 8.52. The molecule has 2 N–H and O–H groups in total. The number of benzene rings is 2. The fourth-order valence-electron chi connectivity index (χ4n) is 7.27. The number of terminal acetylenes is 1. The van der Waals surface area contributed by atoms with Crippen molar-refractivity contribution < 1.29 is 41.0 Å². The molecular formula is C39H41F6N3O4. The topological polar surface area (TPSA) is 91.6 Å². The minimum Gasteiger partial charge on any atom is -0.481 e. The molecule has 2 aliphatic rings. The predicted octanol–water partition coefficient (Wildman–Crippen LogP) is 7.35. The molecule has 0 unspecified atom stereocenters. The molecule has 2 heterocycles. The molecule has 1 saturated heterocycles. The minimum atomic E-state index is -4.84. The van der Waals surface area contributed by atoms with Gasteiger partial charge in [0.2, 0.25) is 5.91 Å². The number of pyridine rings is 1. The number of aliphatic carboxylic acids is 1. The zero-order valence-corrected chi connectivity index (χ0v) is 29.3. The average molecular weight is 730 g/mol. The first kappa shape index (κ1) is 38.7. The molecule has 1 saturated carbocycles. The van der Waals surface area contributed by atoms with Crippen molar-refractivity contribution in [3.8, 4) is 23.5 Å². The van der Waals surface area contributed by atoms with Crippen LogP contribution >= 0.6 is 0 Å². The third-order valence-corrected chi connectivity index (χ3v) is 9.76.